The van der Waals surface area contributed by atoms with Gasteiger partial charge in [-0.1, -0.05) is 53.4 Å². The van der Waals surface area contributed by atoms with E-state index in [1.54, 1.807) is 0 Å². The van der Waals surface area contributed by atoms with Gasteiger partial charge in [-0.25, -0.2) is 4.98 Å². The van der Waals surface area contributed by atoms with Gasteiger partial charge in [0.1, 0.15) is 0 Å². The molecule has 4 nitrogen and oxygen atoms in total. The second-order valence-electron chi connectivity index (χ2n) is 10.2. The predicted molar refractivity (Wildman–Crippen MR) is 153 cm³/mol. The average Bonchev–Trinajstić information content (AvgIpc) is 3.69. The quantitative estimate of drug-likeness (QED) is 0.268. The van der Waals surface area contributed by atoms with Gasteiger partial charge in [0.25, 0.3) is 0 Å². The molecular weight excluding hydrogens is 440 g/mol. The van der Waals surface area contributed by atoms with Crippen LogP contribution in [0.25, 0.3) is 34.2 Å². The summed E-state index contributed by atoms with van der Waals surface area (Å²) >= 11 is 0. The third-order valence-corrected chi connectivity index (χ3v) is 7.50. The molecule has 8 bridgehead atoms. The van der Waals surface area contributed by atoms with Gasteiger partial charge >= 0.3 is 0 Å². The molecule has 0 saturated heterocycles. The molecule has 0 amide bonds. The van der Waals surface area contributed by atoms with Gasteiger partial charge in [0.15, 0.2) is 0 Å². The highest BCUT2D eigenvalue weighted by molar-refractivity contribution is 5.80. The number of aromatic nitrogens is 4. The highest BCUT2D eigenvalue weighted by Crippen LogP contribution is 2.28. The van der Waals surface area contributed by atoms with Crippen LogP contribution >= 0.6 is 0 Å². The smallest absolute Gasteiger partial charge is 0.0690 e. The van der Waals surface area contributed by atoms with Gasteiger partial charge in [-0.2, -0.15) is 0 Å². The maximum absolute atomic E-state index is 5.29. The lowest BCUT2D eigenvalue weighted by atomic mass is 10.0. The fourth-order valence-electron chi connectivity index (χ4n) is 5.81. The molecule has 3 aromatic rings. The van der Waals surface area contributed by atoms with E-state index in [0.29, 0.717) is 0 Å². The first-order valence-corrected chi connectivity index (χ1v) is 14.1. The number of H-pyrrole nitrogens is 2. The summed E-state index contributed by atoms with van der Waals surface area (Å²) in [6.45, 7) is 9.02. The van der Waals surface area contributed by atoms with Gasteiger partial charge in [-0.3, -0.25) is 4.98 Å². The molecule has 0 saturated carbocycles. The van der Waals surface area contributed by atoms with E-state index in [-0.39, 0.29) is 0 Å². The summed E-state index contributed by atoms with van der Waals surface area (Å²) in [6.07, 6.45) is 14.9. The zero-order valence-electron chi connectivity index (χ0n) is 22.4. The van der Waals surface area contributed by atoms with E-state index in [1.165, 1.54) is 55.7 Å². The minimum absolute atomic E-state index is 1.00. The molecule has 36 heavy (non-hydrogen) atoms. The monoisotopic (exact) mass is 480 g/mol. The molecule has 0 unspecified atom stereocenters. The van der Waals surface area contributed by atoms with Gasteiger partial charge in [0, 0.05) is 39.0 Å². The number of nitrogens with one attached hydrogen (secondary N) is 2. The second kappa shape index (κ2) is 10.9. The normalized spacial score (nSPS) is 13.0. The maximum atomic E-state index is 5.29. The number of hydrogen-bond donors (Lipinski definition) is 2. The van der Waals surface area contributed by atoms with Crippen LogP contribution in [0.2, 0.25) is 0 Å². The van der Waals surface area contributed by atoms with Crippen LogP contribution in [0.1, 0.15) is 98.4 Å². The summed E-state index contributed by atoms with van der Waals surface area (Å²) in [4.78, 5) is 18.1. The summed E-state index contributed by atoms with van der Waals surface area (Å²) in [5.41, 5.74) is 14.9. The second-order valence-corrected chi connectivity index (χ2v) is 10.2. The molecule has 0 aromatic carbocycles. The van der Waals surface area contributed by atoms with Crippen LogP contribution < -0.4 is 0 Å². The molecule has 0 atom stereocenters. The van der Waals surface area contributed by atoms with Crippen LogP contribution in [-0.4, -0.2) is 19.9 Å². The van der Waals surface area contributed by atoms with E-state index in [2.05, 4.69) is 74.1 Å². The summed E-state index contributed by atoms with van der Waals surface area (Å²) in [7, 11) is 0. The van der Waals surface area contributed by atoms with Crippen molar-refractivity contribution in [3.8, 4) is 0 Å². The fourth-order valence-corrected chi connectivity index (χ4v) is 5.81. The molecule has 3 aromatic heterocycles. The molecule has 0 fully saturated rings. The van der Waals surface area contributed by atoms with Gasteiger partial charge in [0.2, 0.25) is 0 Å². The van der Waals surface area contributed by atoms with Crippen LogP contribution in [0.5, 0.6) is 0 Å². The first-order valence-electron chi connectivity index (χ1n) is 14.1. The minimum Gasteiger partial charge on any atom is -0.355 e. The number of aromatic amines is 2. The Hall–Kier alpha value is -3.14. The number of fused-ring (bicyclic) bond motifs is 8. The Kier molecular flexibility index (Phi) is 7.41. The first kappa shape index (κ1) is 24.5. The highest BCUT2D eigenvalue weighted by atomic mass is 14.8. The van der Waals surface area contributed by atoms with Crippen molar-refractivity contribution in [2.45, 2.75) is 91.9 Å². The first-order chi connectivity index (χ1) is 17.7. The molecule has 188 valence electrons. The molecule has 2 N–H and O–H groups in total. The molecule has 0 spiro atoms. The average molecular weight is 481 g/mol. The Morgan fingerprint density at radius 3 is 1.53 bits per heavy atom. The number of rotatable bonds is 8. The lowest BCUT2D eigenvalue weighted by Gasteiger charge is -2.04. The van der Waals surface area contributed by atoms with Crippen LogP contribution in [0.15, 0.2) is 24.3 Å². The van der Waals surface area contributed by atoms with Crippen molar-refractivity contribution in [1.82, 2.24) is 19.9 Å². The summed E-state index contributed by atoms with van der Waals surface area (Å²) in [6, 6.07) is 9.05. The van der Waals surface area contributed by atoms with Gasteiger partial charge in [-0.05, 0) is 91.6 Å². The predicted octanol–water partition coefficient (Wildman–Crippen LogP) is 8.08. The number of nitrogens with zero attached hydrogens (tertiary/aromatic N) is 2. The third-order valence-electron chi connectivity index (χ3n) is 7.50. The standard InChI is InChI=1S/C32H40N4/c1-5-9-21-25-13-15-27(33-25)22(10-6-2)29-17-19-31(35-29)24(12-8-4)32-20-18-30(36-32)23(11-7-3)28-16-14-26(21)34-28/h13-17,19,33-34H,5-12,18,20H2,1-4H3. The van der Waals surface area contributed by atoms with Crippen molar-refractivity contribution in [2.24, 2.45) is 0 Å². The summed E-state index contributed by atoms with van der Waals surface area (Å²) in [5, 5.41) is 0. The Bertz CT molecular complexity index is 1430. The maximum Gasteiger partial charge on any atom is 0.0690 e. The Morgan fingerprint density at radius 2 is 0.944 bits per heavy atom. The molecular formula is C32H40N4. The van der Waals surface area contributed by atoms with Crippen molar-refractivity contribution in [2.75, 3.05) is 0 Å². The summed E-state index contributed by atoms with van der Waals surface area (Å²) in [5.74, 6) is 0. The Morgan fingerprint density at radius 1 is 0.528 bits per heavy atom. The topological polar surface area (TPSA) is 57.4 Å². The van der Waals surface area contributed by atoms with Crippen molar-refractivity contribution in [3.05, 3.63) is 69.3 Å². The van der Waals surface area contributed by atoms with Crippen molar-refractivity contribution in [1.29, 1.82) is 0 Å². The SMILES string of the molecule is CCCc1c2nc(c(CCC)c3ccc([nH]3)c(CCC)c3ccc([nH]3)c(CCC)c3nc1CC3)C=C2. The summed E-state index contributed by atoms with van der Waals surface area (Å²) < 4.78 is 0. The van der Waals surface area contributed by atoms with Crippen LogP contribution in [0.4, 0.5) is 0 Å². The zero-order chi connectivity index (χ0) is 25.1. The van der Waals surface area contributed by atoms with E-state index in [4.69, 9.17) is 9.97 Å². The van der Waals surface area contributed by atoms with Crippen molar-refractivity contribution >= 4 is 34.2 Å². The third kappa shape index (κ3) is 4.66. The highest BCUT2D eigenvalue weighted by Gasteiger charge is 2.18. The molecule has 5 rings (SSSR count). The molecule has 2 aliphatic heterocycles. The zero-order valence-corrected chi connectivity index (χ0v) is 22.4. The lowest BCUT2D eigenvalue weighted by Crippen LogP contribution is -1.96. The van der Waals surface area contributed by atoms with E-state index in [0.717, 1.165) is 75.6 Å². The fraction of sp³-hybridized carbons (Fsp3) is 0.438. The molecule has 2 aliphatic rings. The lowest BCUT2D eigenvalue weighted by molar-refractivity contribution is 0.876. The van der Waals surface area contributed by atoms with Gasteiger partial charge in [0.05, 0.1) is 11.4 Å². The Balaban J connectivity index is 1.93. The van der Waals surface area contributed by atoms with Gasteiger partial charge < -0.3 is 9.97 Å². The van der Waals surface area contributed by atoms with Crippen LogP contribution in [0.3, 0.4) is 0 Å². The van der Waals surface area contributed by atoms with Crippen molar-refractivity contribution < 1.29 is 0 Å². The molecule has 5 heterocycles. The van der Waals surface area contributed by atoms with Crippen LogP contribution in [0, 0.1) is 0 Å². The number of aryl methyl sites for hydroxylation is 5. The largest absolute Gasteiger partial charge is 0.355 e. The van der Waals surface area contributed by atoms with Crippen molar-refractivity contribution in [3.63, 3.8) is 0 Å². The molecule has 4 heteroatoms. The van der Waals surface area contributed by atoms with Gasteiger partial charge in [-0.15, -0.1) is 0 Å². The molecule has 0 radical (unpaired) electrons. The molecule has 0 aliphatic carbocycles. The Labute approximate surface area is 215 Å². The van der Waals surface area contributed by atoms with E-state index in [1.807, 2.05) is 0 Å². The van der Waals surface area contributed by atoms with E-state index < -0.39 is 0 Å². The minimum atomic E-state index is 1.00. The van der Waals surface area contributed by atoms with Crippen LogP contribution in [-0.2, 0) is 38.5 Å². The van der Waals surface area contributed by atoms with E-state index in [9.17, 15) is 0 Å². The number of hydrogen-bond acceptors (Lipinski definition) is 2. The van der Waals surface area contributed by atoms with E-state index >= 15 is 0 Å².